The summed E-state index contributed by atoms with van der Waals surface area (Å²) in [7, 11) is 0. The number of hydrogen-bond acceptors (Lipinski definition) is 4. The highest BCUT2D eigenvalue weighted by atomic mass is 32.2. The average Bonchev–Trinajstić information content (AvgIpc) is 3.32. The molecule has 0 bridgehead atoms. The summed E-state index contributed by atoms with van der Waals surface area (Å²) in [6.07, 6.45) is 2.40. The highest BCUT2D eigenvalue weighted by Gasteiger charge is 2.30. The largest absolute Gasteiger partial charge is 0.325 e. The average molecular weight is 344 g/mol. The Morgan fingerprint density at radius 1 is 1.38 bits per heavy atom. The van der Waals surface area contributed by atoms with Crippen molar-refractivity contribution in [1.82, 2.24) is 14.8 Å². The molecular weight excluding hydrogens is 320 g/mol. The number of amides is 1. The van der Waals surface area contributed by atoms with Gasteiger partial charge >= 0.3 is 0 Å². The second-order valence-electron chi connectivity index (χ2n) is 6.43. The van der Waals surface area contributed by atoms with Crippen LogP contribution < -0.4 is 5.32 Å². The maximum absolute atomic E-state index is 12.5. The van der Waals surface area contributed by atoms with Crippen LogP contribution in [0.4, 0.5) is 5.69 Å². The molecule has 1 aliphatic carbocycles. The minimum absolute atomic E-state index is 0.00711. The zero-order chi connectivity index (χ0) is 17.3. The van der Waals surface area contributed by atoms with E-state index in [4.69, 9.17) is 0 Å². The van der Waals surface area contributed by atoms with Crippen molar-refractivity contribution >= 4 is 23.4 Å². The number of nitrogens with zero attached hydrogens (tertiary/aromatic N) is 3. The third kappa shape index (κ3) is 3.64. The maximum Gasteiger partial charge on any atom is 0.237 e. The van der Waals surface area contributed by atoms with Gasteiger partial charge in [-0.25, -0.2) is 0 Å². The molecule has 1 aliphatic rings. The van der Waals surface area contributed by atoms with E-state index >= 15 is 0 Å². The number of hydrogen-bond donors (Lipinski definition) is 1. The van der Waals surface area contributed by atoms with Crippen molar-refractivity contribution in [2.45, 2.75) is 63.4 Å². The summed E-state index contributed by atoms with van der Waals surface area (Å²) in [5.41, 5.74) is 3.08. The van der Waals surface area contributed by atoms with Crippen LogP contribution in [0.25, 0.3) is 0 Å². The fourth-order valence-electron chi connectivity index (χ4n) is 2.64. The Kier molecular flexibility index (Phi) is 4.94. The van der Waals surface area contributed by atoms with Crippen LogP contribution >= 0.6 is 11.8 Å². The van der Waals surface area contributed by atoms with Gasteiger partial charge in [-0.1, -0.05) is 23.9 Å². The first-order valence-electron chi connectivity index (χ1n) is 8.47. The van der Waals surface area contributed by atoms with Gasteiger partial charge in [0.05, 0.1) is 5.25 Å². The molecule has 2 aromatic rings. The molecule has 5 nitrogen and oxygen atoms in total. The van der Waals surface area contributed by atoms with Gasteiger partial charge in [0, 0.05) is 18.2 Å². The fraction of sp³-hybridized carbons (Fsp3) is 0.500. The topological polar surface area (TPSA) is 59.8 Å². The minimum atomic E-state index is -0.230. The third-order valence-corrected chi connectivity index (χ3v) is 5.39. The molecule has 1 amide bonds. The number of aromatic nitrogens is 3. The van der Waals surface area contributed by atoms with Crippen LogP contribution in [0.1, 0.15) is 49.6 Å². The highest BCUT2D eigenvalue weighted by Crippen LogP contribution is 2.40. The van der Waals surface area contributed by atoms with Crippen molar-refractivity contribution < 1.29 is 4.79 Å². The molecule has 1 aromatic heterocycles. The number of thioether (sulfide) groups is 1. The van der Waals surface area contributed by atoms with Gasteiger partial charge in [0.1, 0.15) is 5.82 Å². The number of rotatable bonds is 6. The summed E-state index contributed by atoms with van der Waals surface area (Å²) in [5, 5.41) is 12.3. The third-order valence-electron chi connectivity index (χ3n) is 4.31. The van der Waals surface area contributed by atoms with Crippen molar-refractivity contribution in [3.05, 3.63) is 35.2 Å². The first-order chi connectivity index (χ1) is 11.5. The van der Waals surface area contributed by atoms with Crippen molar-refractivity contribution in [2.24, 2.45) is 0 Å². The van der Waals surface area contributed by atoms with Crippen LogP contribution in [0.2, 0.25) is 0 Å². The van der Waals surface area contributed by atoms with E-state index in [9.17, 15) is 4.79 Å². The number of anilines is 1. The van der Waals surface area contributed by atoms with Gasteiger partial charge in [0.25, 0.3) is 0 Å². The zero-order valence-electron chi connectivity index (χ0n) is 14.7. The predicted molar refractivity (Wildman–Crippen MR) is 97.5 cm³/mol. The smallest absolute Gasteiger partial charge is 0.237 e. The second kappa shape index (κ2) is 6.97. The number of nitrogens with one attached hydrogen (secondary N) is 1. The zero-order valence-corrected chi connectivity index (χ0v) is 15.5. The Balaban J connectivity index is 1.69. The van der Waals surface area contributed by atoms with E-state index in [1.807, 2.05) is 39.0 Å². The van der Waals surface area contributed by atoms with E-state index in [1.165, 1.54) is 24.6 Å². The molecule has 1 fully saturated rings. The molecule has 0 aliphatic heterocycles. The molecule has 6 heteroatoms. The van der Waals surface area contributed by atoms with Gasteiger partial charge < -0.3 is 9.88 Å². The first-order valence-corrected chi connectivity index (χ1v) is 9.35. The summed E-state index contributed by atoms with van der Waals surface area (Å²) in [6, 6.07) is 6.08. The van der Waals surface area contributed by atoms with Gasteiger partial charge in [-0.3, -0.25) is 4.79 Å². The van der Waals surface area contributed by atoms with E-state index in [1.54, 1.807) is 0 Å². The molecule has 1 N–H and O–H groups in total. The summed E-state index contributed by atoms with van der Waals surface area (Å²) in [4.78, 5) is 12.5. The molecule has 0 saturated heterocycles. The molecule has 1 saturated carbocycles. The highest BCUT2D eigenvalue weighted by molar-refractivity contribution is 8.00. The Labute approximate surface area is 147 Å². The Morgan fingerprint density at radius 2 is 2.12 bits per heavy atom. The van der Waals surface area contributed by atoms with Crippen LogP contribution in [0.3, 0.4) is 0 Å². The lowest BCUT2D eigenvalue weighted by Gasteiger charge is -2.14. The van der Waals surface area contributed by atoms with E-state index in [0.29, 0.717) is 5.92 Å². The summed E-state index contributed by atoms with van der Waals surface area (Å²) in [6.45, 7) is 8.88. The Hall–Kier alpha value is -1.82. The van der Waals surface area contributed by atoms with Gasteiger partial charge in [-0.15, -0.1) is 10.2 Å². The predicted octanol–water partition coefficient (Wildman–Crippen LogP) is 3.91. The fourth-order valence-corrected chi connectivity index (χ4v) is 3.56. The van der Waals surface area contributed by atoms with Crippen molar-refractivity contribution in [2.75, 3.05) is 5.32 Å². The molecular formula is C18H24N4OS. The molecule has 1 heterocycles. The van der Waals surface area contributed by atoms with E-state index in [0.717, 1.165) is 34.3 Å². The number of benzene rings is 1. The molecule has 3 rings (SSSR count). The lowest BCUT2D eigenvalue weighted by Crippen LogP contribution is -2.23. The molecule has 1 aromatic carbocycles. The quantitative estimate of drug-likeness (QED) is 0.807. The van der Waals surface area contributed by atoms with E-state index in [-0.39, 0.29) is 11.2 Å². The molecule has 0 radical (unpaired) electrons. The Bertz CT molecular complexity index is 751. The summed E-state index contributed by atoms with van der Waals surface area (Å²) >= 11 is 1.48. The first kappa shape index (κ1) is 17.0. The molecule has 1 atom stereocenters. The van der Waals surface area contributed by atoms with E-state index in [2.05, 4.69) is 27.0 Å². The SMILES string of the molecule is CCn1c(SC(C)C(=O)Nc2cc(C)ccc2C)nnc1C1CC1. The van der Waals surface area contributed by atoms with Crippen LogP contribution in [0.5, 0.6) is 0 Å². The van der Waals surface area contributed by atoms with Crippen LogP contribution in [0, 0.1) is 13.8 Å². The lowest BCUT2D eigenvalue weighted by molar-refractivity contribution is -0.115. The molecule has 24 heavy (non-hydrogen) atoms. The number of carbonyl (C=O) groups excluding carboxylic acids is 1. The van der Waals surface area contributed by atoms with Crippen LogP contribution in [0.15, 0.2) is 23.4 Å². The van der Waals surface area contributed by atoms with Crippen molar-refractivity contribution in [3.8, 4) is 0 Å². The van der Waals surface area contributed by atoms with Gasteiger partial charge in [-0.05, 0) is 57.7 Å². The van der Waals surface area contributed by atoms with Gasteiger partial charge in [0.15, 0.2) is 5.16 Å². The molecule has 128 valence electrons. The van der Waals surface area contributed by atoms with Crippen molar-refractivity contribution in [1.29, 1.82) is 0 Å². The minimum Gasteiger partial charge on any atom is -0.325 e. The summed E-state index contributed by atoms with van der Waals surface area (Å²) < 4.78 is 2.14. The summed E-state index contributed by atoms with van der Waals surface area (Å²) in [5.74, 6) is 1.63. The number of carbonyl (C=O) groups is 1. The normalized spacial score (nSPS) is 15.3. The van der Waals surface area contributed by atoms with Gasteiger partial charge in [-0.2, -0.15) is 0 Å². The Morgan fingerprint density at radius 3 is 2.79 bits per heavy atom. The number of aryl methyl sites for hydroxylation is 2. The second-order valence-corrected chi connectivity index (χ2v) is 7.73. The van der Waals surface area contributed by atoms with Crippen molar-refractivity contribution in [3.63, 3.8) is 0 Å². The van der Waals surface area contributed by atoms with Gasteiger partial charge in [0.2, 0.25) is 5.91 Å². The van der Waals surface area contributed by atoms with Crippen LogP contribution in [-0.4, -0.2) is 25.9 Å². The van der Waals surface area contributed by atoms with Crippen LogP contribution in [-0.2, 0) is 11.3 Å². The molecule has 0 spiro atoms. The monoisotopic (exact) mass is 344 g/mol. The standard InChI is InChI=1S/C18H24N4OS/c1-5-22-16(14-8-9-14)20-21-18(22)24-13(4)17(23)19-15-10-11(2)6-7-12(15)3/h6-7,10,13-14H,5,8-9H2,1-4H3,(H,19,23). The lowest BCUT2D eigenvalue weighted by atomic mass is 10.1. The molecule has 1 unspecified atom stereocenters. The maximum atomic E-state index is 12.5. The van der Waals surface area contributed by atoms with E-state index < -0.39 is 0 Å².